The number of imidazole rings is 1. The molecule has 1 heterocycles. The molecule has 1 aliphatic rings. The Hall–Kier alpha value is -1.86. The Kier molecular flexibility index (Phi) is 3.46. The van der Waals surface area contributed by atoms with Crippen molar-refractivity contribution < 1.29 is 8.42 Å². The van der Waals surface area contributed by atoms with E-state index in [1.807, 2.05) is 4.57 Å². The Morgan fingerprint density at radius 3 is 2.76 bits per heavy atom. The number of benzene rings is 1. The second kappa shape index (κ2) is 5.16. The van der Waals surface area contributed by atoms with Crippen LogP contribution in [0.3, 0.4) is 0 Å². The van der Waals surface area contributed by atoms with Gasteiger partial charge in [0, 0.05) is 11.4 Å². The Morgan fingerprint density at radius 1 is 1.29 bits per heavy atom. The molecule has 0 saturated carbocycles. The average Bonchev–Trinajstić information content (AvgIpc) is 2.90. The van der Waals surface area contributed by atoms with Crippen molar-refractivity contribution in [3.05, 3.63) is 35.9 Å². The summed E-state index contributed by atoms with van der Waals surface area (Å²) in [5.74, 6) is 0. The summed E-state index contributed by atoms with van der Waals surface area (Å²) in [7, 11) is -2.16. The van der Waals surface area contributed by atoms with Gasteiger partial charge in [-0.25, -0.2) is 18.1 Å². The summed E-state index contributed by atoms with van der Waals surface area (Å²) < 4.78 is 28.0. The van der Waals surface area contributed by atoms with Crippen LogP contribution in [0.15, 0.2) is 29.4 Å². The van der Waals surface area contributed by atoms with Gasteiger partial charge < -0.3 is 10.3 Å². The topological polar surface area (TPSA) is 90.0 Å². The monoisotopic (exact) mass is 306 g/mol. The van der Waals surface area contributed by atoms with E-state index in [-0.39, 0.29) is 10.6 Å². The lowest BCUT2D eigenvalue weighted by atomic mass is 10.0. The molecule has 0 saturated heterocycles. The van der Waals surface area contributed by atoms with Crippen molar-refractivity contribution in [1.29, 1.82) is 0 Å². The summed E-state index contributed by atoms with van der Waals surface area (Å²) in [6, 6.07) is 4.98. The zero-order chi connectivity index (χ0) is 15.0. The summed E-state index contributed by atoms with van der Waals surface area (Å²) in [4.78, 5) is 4.54. The number of aromatic nitrogens is 2. The number of hydrogen-bond donors (Lipinski definition) is 2. The number of aryl methyl sites for hydroxylation is 1. The van der Waals surface area contributed by atoms with Crippen molar-refractivity contribution in [2.45, 2.75) is 30.6 Å². The highest BCUT2D eigenvalue weighted by Gasteiger charge is 2.19. The Morgan fingerprint density at radius 2 is 2.05 bits per heavy atom. The molecule has 1 aliphatic carbocycles. The molecule has 0 radical (unpaired) electrons. The number of nitrogen functional groups attached to an aromatic ring is 1. The van der Waals surface area contributed by atoms with Crippen molar-refractivity contribution in [2.75, 3.05) is 12.8 Å². The molecule has 0 unspecified atom stereocenters. The number of nitrogens with two attached hydrogens (primary N) is 1. The number of nitrogens with one attached hydrogen (secondary N) is 1. The second-order valence-electron chi connectivity index (χ2n) is 5.14. The summed E-state index contributed by atoms with van der Waals surface area (Å²) in [6.45, 7) is 0. The smallest absolute Gasteiger partial charge is 0.242 e. The van der Waals surface area contributed by atoms with E-state index in [0.29, 0.717) is 0 Å². The number of rotatable bonds is 3. The summed E-state index contributed by atoms with van der Waals surface area (Å²) >= 11 is 0. The van der Waals surface area contributed by atoms with Crippen LogP contribution in [0.1, 0.15) is 24.2 Å². The Bertz CT molecular complexity index is 780. The standard InChI is InChI=1S/C14H18N4O2S/c1-16-21(19,20)14-7-6-10(8-11(14)15)18-9-17-12-4-2-3-5-13(12)18/h6-9,16H,2-5,15H2,1H3. The van der Waals surface area contributed by atoms with Crippen LogP contribution in [-0.4, -0.2) is 25.0 Å². The van der Waals surface area contributed by atoms with Crippen LogP contribution in [-0.2, 0) is 22.9 Å². The highest BCUT2D eigenvalue weighted by Crippen LogP contribution is 2.26. The fourth-order valence-corrected chi connectivity index (χ4v) is 3.57. The molecule has 0 bridgehead atoms. The molecule has 7 heteroatoms. The summed E-state index contributed by atoms with van der Waals surface area (Å²) in [5, 5.41) is 0. The van der Waals surface area contributed by atoms with Gasteiger partial charge >= 0.3 is 0 Å². The number of hydrogen-bond acceptors (Lipinski definition) is 4. The summed E-state index contributed by atoms with van der Waals surface area (Å²) in [6.07, 6.45) is 6.11. The average molecular weight is 306 g/mol. The van der Waals surface area contributed by atoms with E-state index in [1.165, 1.54) is 25.2 Å². The maximum atomic E-state index is 11.8. The second-order valence-corrected chi connectivity index (χ2v) is 7.00. The normalized spacial score (nSPS) is 14.9. The quantitative estimate of drug-likeness (QED) is 0.835. The molecule has 6 nitrogen and oxygen atoms in total. The highest BCUT2D eigenvalue weighted by atomic mass is 32.2. The van der Waals surface area contributed by atoms with E-state index in [2.05, 4.69) is 9.71 Å². The highest BCUT2D eigenvalue weighted by molar-refractivity contribution is 7.89. The predicted octanol–water partition coefficient (Wildman–Crippen LogP) is 1.24. The largest absolute Gasteiger partial charge is 0.398 e. The molecule has 0 atom stereocenters. The van der Waals surface area contributed by atoms with Gasteiger partial charge in [0.05, 0.1) is 17.7 Å². The Balaban J connectivity index is 2.05. The molecule has 112 valence electrons. The zero-order valence-electron chi connectivity index (χ0n) is 11.8. The van der Waals surface area contributed by atoms with Gasteiger partial charge in [0.1, 0.15) is 4.90 Å². The maximum absolute atomic E-state index is 11.8. The molecule has 0 fully saturated rings. The molecule has 3 rings (SSSR count). The van der Waals surface area contributed by atoms with E-state index in [9.17, 15) is 8.42 Å². The molecular weight excluding hydrogens is 288 g/mol. The van der Waals surface area contributed by atoms with Crippen LogP contribution in [0.25, 0.3) is 5.69 Å². The molecule has 0 spiro atoms. The first kappa shape index (κ1) is 14.1. The first-order valence-corrected chi connectivity index (χ1v) is 8.40. The maximum Gasteiger partial charge on any atom is 0.242 e. The first-order valence-electron chi connectivity index (χ1n) is 6.91. The Labute approximate surface area is 124 Å². The van der Waals surface area contributed by atoms with Gasteiger partial charge in [-0.3, -0.25) is 0 Å². The lowest BCUT2D eigenvalue weighted by molar-refractivity contribution is 0.588. The SMILES string of the molecule is CNS(=O)(=O)c1ccc(-n2cnc3c2CCCC3)cc1N. The molecule has 1 aromatic carbocycles. The number of fused-ring (bicyclic) bond motifs is 1. The fraction of sp³-hybridized carbons (Fsp3) is 0.357. The molecule has 3 N–H and O–H groups in total. The van der Waals surface area contributed by atoms with Gasteiger partial charge in [-0.2, -0.15) is 0 Å². The molecule has 0 amide bonds. The predicted molar refractivity (Wildman–Crippen MR) is 80.9 cm³/mol. The van der Waals surface area contributed by atoms with Gasteiger partial charge in [-0.15, -0.1) is 0 Å². The molecule has 21 heavy (non-hydrogen) atoms. The van der Waals surface area contributed by atoms with E-state index in [1.54, 1.807) is 18.5 Å². The van der Waals surface area contributed by atoms with Crippen LogP contribution in [0.5, 0.6) is 0 Å². The lowest BCUT2D eigenvalue weighted by Gasteiger charge is -2.15. The van der Waals surface area contributed by atoms with Gasteiger partial charge in [0.25, 0.3) is 0 Å². The number of sulfonamides is 1. The minimum absolute atomic E-state index is 0.0998. The van der Waals surface area contributed by atoms with Crippen molar-refractivity contribution in [3.8, 4) is 5.69 Å². The third-order valence-electron chi connectivity index (χ3n) is 3.86. The molecule has 1 aromatic heterocycles. The first-order chi connectivity index (χ1) is 10.0. The minimum Gasteiger partial charge on any atom is -0.398 e. The van der Waals surface area contributed by atoms with E-state index >= 15 is 0 Å². The van der Waals surface area contributed by atoms with E-state index < -0.39 is 10.0 Å². The van der Waals surface area contributed by atoms with Crippen LogP contribution in [0.4, 0.5) is 5.69 Å². The molecule has 2 aromatic rings. The van der Waals surface area contributed by atoms with Gasteiger partial charge in [-0.1, -0.05) is 0 Å². The van der Waals surface area contributed by atoms with Crippen molar-refractivity contribution in [2.24, 2.45) is 0 Å². The number of nitrogens with zero attached hydrogens (tertiary/aromatic N) is 2. The van der Waals surface area contributed by atoms with E-state index in [0.717, 1.165) is 30.6 Å². The van der Waals surface area contributed by atoms with Gasteiger partial charge in [0.15, 0.2) is 0 Å². The summed E-state index contributed by atoms with van der Waals surface area (Å²) in [5.41, 5.74) is 9.32. The van der Waals surface area contributed by atoms with E-state index in [4.69, 9.17) is 5.73 Å². The fourth-order valence-electron chi connectivity index (χ4n) is 2.73. The van der Waals surface area contributed by atoms with Gasteiger partial charge in [-0.05, 0) is 50.9 Å². The van der Waals surface area contributed by atoms with Crippen molar-refractivity contribution in [1.82, 2.24) is 14.3 Å². The van der Waals surface area contributed by atoms with Crippen LogP contribution in [0.2, 0.25) is 0 Å². The third kappa shape index (κ3) is 2.43. The molecular formula is C14H18N4O2S. The number of anilines is 1. The van der Waals surface area contributed by atoms with Crippen LogP contribution < -0.4 is 10.5 Å². The van der Waals surface area contributed by atoms with Crippen LogP contribution >= 0.6 is 0 Å². The van der Waals surface area contributed by atoms with Gasteiger partial charge in [0.2, 0.25) is 10.0 Å². The third-order valence-corrected chi connectivity index (χ3v) is 5.35. The minimum atomic E-state index is -3.53. The zero-order valence-corrected chi connectivity index (χ0v) is 12.7. The molecule has 0 aliphatic heterocycles. The van der Waals surface area contributed by atoms with Crippen molar-refractivity contribution >= 4 is 15.7 Å². The lowest BCUT2D eigenvalue weighted by Crippen LogP contribution is -2.20. The van der Waals surface area contributed by atoms with Crippen molar-refractivity contribution in [3.63, 3.8) is 0 Å². The van der Waals surface area contributed by atoms with Crippen LogP contribution in [0, 0.1) is 0 Å².